The van der Waals surface area contributed by atoms with E-state index in [9.17, 15) is 4.39 Å². The number of benzene rings is 1. The lowest BCUT2D eigenvalue weighted by Gasteiger charge is -2.06. The standard InChI is InChI=1S/C11H11FN2O2/c1-6-3-7(4-9(15-2)11(6)12)8-5-10(13)16-14-8/h3-5H,13H2,1-2H3. The second kappa shape index (κ2) is 3.84. The third kappa shape index (κ3) is 1.71. The molecule has 0 spiro atoms. The smallest absolute Gasteiger partial charge is 0.222 e. The lowest BCUT2D eigenvalue weighted by atomic mass is 10.1. The number of anilines is 1. The van der Waals surface area contributed by atoms with E-state index in [4.69, 9.17) is 15.0 Å². The summed E-state index contributed by atoms with van der Waals surface area (Å²) < 4.78 is 23.2. The molecule has 2 aromatic rings. The zero-order valence-corrected chi connectivity index (χ0v) is 8.95. The minimum absolute atomic E-state index is 0.177. The second-order valence-corrected chi connectivity index (χ2v) is 3.42. The molecular weight excluding hydrogens is 211 g/mol. The molecule has 0 aliphatic heterocycles. The van der Waals surface area contributed by atoms with Gasteiger partial charge in [-0.25, -0.2) is 4.39 Å². The van der Waals surface area contributed by atoms with Gasteiger partial charge >= 0.3 is 0 Å². The molecule has 0 saturated carbocycles. The van der Waals surface area contributed by atoms with E-state index in [1.54, 1.807) is 25.1 Å². The first-order valence-electron chi connectivity index (χ1n) is 4.68. The number of nitrogens with two attached hydrogens (primary N) is 1. The molecule has 84 valence electrons. The normalized spacial score (nSPS) is 10.4. The summed E-state index contributed by atoms with van der Waals surface area (Å²) in [6.07, 6.45) is 0. The number of nitrogens with zero attached hydrogens (tertiary/aromatic N) is 1. The van der Waals surface area contributed by atoms with E-state index in [0.29, 0.717) is 16.8 Å². The van der Waals surface area contributed by atoms with E-state index in [1.807, 2.05) is 0 Å². The zero-order valence-electron chi connectivity index (χ0n) is 8.95. The predicted octanol–water partition coefficient (Wildman–Crippen LogP) is 2.38. The predicted molar refractivity (Wildman–Crippen MR) is 57.6 cm³/mol. The highest BCUT2D eigenvalue weighted by atomic mass is 19.1. The summed E-state index contributed by atoms with van der Waals surface area (Å²) in [5.74, 6) is 0.0234. The maximum absolute atomic E-state index is 13.5. The van der Waals surface area contributed by atoms with E-state index in [-0.39, 0.29) is 17.5 Å². The second-order valence-electron chi connectivity index (χ2n) is 3.42. The van der Waals surface area contributed by atoms with Gasteiger partial charge in [-0.2, -0.15) is 0 Å². The van der Waals surface area contributed by atoms with Crippen molar-refractivity contribution in [2.75, 3.05) is 12.8 Å². The van der Waals surface area contributed by atoms with Gasteiger partial charge in [0.25, 0.3) is 0 Å². The number of nitrogen functional groups attached to an aromatic ring is 1. The third-order valence-electron chi connectivity index (χ3n) is 2.27. The Balaban J connectivity index is 2.54. The van der Waals surface area contributed by atoms with Gasteiger partial charge in [-0.05, 0) is 24.6 Å². The molecular formula is C11H11FN2O2. The number of methoxy groups -OCH3 is 1. The Morgan fingerprint density at radius 3 is 2.69 bits per heavy atom. The summed E-state index contributed by atoms with van der Waals surface area (Å²) in [4.78, 5) is 0. The van der Waals surface area contributed by atoms with Gasteiger partial charge < -0.3 is 15.0 Å². The Bertz CT molecular complexity index is 523. The highest BCUT2D eigenvalue weighted by Gasteiger charge is 2.11. The van der Waals surface area contributed by atoms with E-state index in [0.717, 1.165) is 0 Å². The molecule has 0 saturated heterocycles. The summed E-state index contributed by atoms with van der Waals surface area (Å²) in [7, 11) is 1.42. The van der Waals surface area contributed by atoms with Crippen LogP contribution in [0.2, 0.25) is 0 Å². The van der Waals surface area contributed by atoms with Crippen LogP contribution in [0.4, 0.5) is 10.3 Å². The Kier molecular flexibility index (Phi) is 2.52. The van der Waals surface area contributed by atoms with Crippen LogP contribution in [0.1, 0.15) is 5.56 Å². The molecule has 1 aromatic heterocycles. The molecule has 0 amide bonds. The van der Waals surface area contributed by atoms with Gasteiger partial charge in [0, 0.05) is 11.6 Å². The van der Waals surface area contributed by atoms with Gasteiger partial charge in [-0.1, -0.05) is 5.16 Å². The minimum atomic E-state index is -0.372. The Hall–Kier alpha value is -2.04. The molecule has 0 unspecified atom stereocenters. The molecule has 0 aliphatic rings. The van der Waals surface area contributed by atoms with Crippen LogP contribution in [0.25, 0.3) is 11.3 Å². The van der Waals surface area contributed by atoms with Crippen LogP contribution in [0.3, 0.4) is 0 Å². The zero-order chi connectivity index (χ0) is 11.7. The van der Waals surface area contributed by atoms with Gasteiger partial charge in [-0.3, -0.25) is 0 Å². The van der Waals surface area contributed by atoms with Crippen LogP contribution in [0, 0.1) is 12.7 Å². The van der Waals surface area contributed by atoms with E-state index >= 15 is 0 Å². The van der Waals surface area contributed by atoms with Crippen molar-refractivity contribution in [2.45, 2.75) is 6.92 Å². The number of halogens is 1. The maximum atomic E-state index is 13.5. The quantitative estimate of drug-likeness (QED) is 0.847. The Labute approximate surface area is 91.8 Å². The number of hydrogen-bond acceptors (Lipinski definition) is 4. The summed E-state index contributed by atoms with van der Waals surface area (Å²) in [6.45, 7) is 1.66. The monoisotopic (exact) mass is 222 g/mol. The molecule has 1 heterocycles. The molecule has 5 heteroatoms. The minimum Gasteiger partial charge on any atom is -0.494 e. The highest BCUT2D eigenvalue weighted by molar-refractivity contribution is 5.64. The maximum Gasteiger partial charge on any atom is 0.222 e. The van der Waals surface area contributed by atoms with Crippen molar-refractivity contribution in [2.24, 2.45) is 0 Å². The van der Waals surface area contributed by atoms with Crippen LogP contribution >= 0.6 is 0 Å². The van der Waals surface area contributed by atoms with Crippen molar-refractivity contribution < 1.29 is 13.7 Å². The first kappa shape index (κ1) is 10.5. The van der Waals surface area contributed by atoms with Crippen molar-refractivity contribution in [3.05, 3.63) is 29.6 Å². The Morgan fingerprint density at radius 1 is 1.38 bits per heavy atom. The van der Waals surface area contributed by atoms with Crippen LogP contribution in [0.5, 0.6) is 5.75 Å². The summed E-state index contributed by atoms with van der Waals surface area (Å²) in [6, 6.07) is 4.79. The van der Waals surface area contributed by atoms with Crippen molar-refractivity contribution in [1.82, 2.24) is 5.16 Å². The lowest BCUT2D eigenvalue weighted by molar-refractivity contribution is 0.385. The first-order chi connectivity index (χ1) is 7.61. The topological polar surface area (TPSA) is 61.3 Å². The summed E-state index contributed by atoms with van der Waals surface area (Å²) in [5, 5.41) is 3.75. The number of aromatic nitrogens is 1. The van der Waals surface area contributed by atoms with Crippen molar-refractivity contribution in [1.29, 1.82) is 0 Å². The molecule has 0 fully saturated rings. The molecule has 16 heavy (non-hydrogen) atoms. The van der Waals surface area contributed by atoms with Gasteiger partial charge in [-0.15, -0.1) is 0 Å². The van der Waals surface area contributed by atoms with Gasteiger partial charge in [0.15, 0.2) is 11.6 Å². The molecule has 0 bridgehead atoms. The molecule has 0 atom stereocenters. The Morgan fingerprint density at radius 2 is 2.12 bits per heavy atom. The number of aryl methyl sites for hydroxylation is 1. The van der Waals surface area contributed by atoms with Gasteiger partial charge in [0.1, 0.15) is 5.69 Å². The lowest BCUT2D eigenvalue weighted by Crippen LogP contribution is -1.92. The average molecular weight is 222 g/mol. The van der Waals surface area contributed by atoms with Crippen molar-refractivity contribution >= 4 is 5.88 Å². The van der Waals surface area contributed by atoms with Gasteiger partial charge in [0.05, 0.1) is 7.11 Å². The largest absolute Gasteiger partial charge is 0.494 e. The fourth-order valence-corrected chi connectivity index (χ4v) is 1.46. The SMILES string of the molecule is COc1cc(-c2cc(N)on2)cc(C)c1F. The van der Waals surface area contributed by atoms with Gasteiger partial charge in [0.2, 0.25) is 5.88 Å². The summed E-state index contributed by atoms with van der Waals surface area (Å²) >= 11 is 0. The first-order valence-corrected chi connectivity index (χ1v) is 4.68. The third-order valence-corrected chi connectivity index (χ3v) is 2.27. The molecule has 4 nitrogen and oxygen atoms in total. The van der Waals surface area contributed by atoms with E-state index < -0.39 is 0 Å². The number of rotatable bonds is 2. The number of ether oxygens (including phenoxy) is 1. The summed E-state index contributed by atoms with van der Waals surface area (Å²) in [5.41, 5.74) is 7.16. The van der Waals surface area contributed by atoms with Crippen molar-refractivity contribution in [3.8, 4) is 17.0 Å². The van der Waals surface area contributed by atoms with Crippen LogP contribution in [0.15, 0.2) is 22.7 Å². The molecule has 2 rings (SSSR count). The molecule has 2 N–H and O–H groups in total. The molecule has 1 aromatic carbocycles. The average Bonchev–Trinajstić information content (AvgIpc) is 2.69. The highest BCUT2D eigenvalue weighted by Crippen LogP contribution is 2.29. The molecule has 0 radical (unpaired) electrons. The van der Waals surface area contributed by atoms with Crippen LogP contribution in [-0.4, -0.2) is 12.3 Å². The van der Waals surface area contributed by atoms with E-state index in [1.165, 1.54) is 7.11 Å². The van der Waals surface area contributed by atoms with Crippen LogP contribution in [-0.2, 0) is 0 Å². The van der Waals surface area contributed by atoms with E-state index in [2.05, 4.69) is 5.16 Å². The number of hydrogen-bond donors (Lipinski definition) is 1. The van der Waals surface area contributed by atoms with Crippen molar-refractivity contribution in [3.63, 3.8) is 0 Å². The van der Waals surface area contributed by atoms with Crippen LogP contribution < -0.4 is 10.5 Å². The fourth-order valence-electron chi connectivity index (χ4n) is 1.46. The fraction of sp³-hybridized carbons (Fsp3) is 0.182. The molecule has 0 aliphatic carbocycles.